The lowest BCUT2D eigenvalue weighted by atomic mass is 10.0. The molecule has 0 aliphatic heterocycles. The predicted molar refractivity (Wildman–Crippen MR) is 84.9 cm³/mol. The van der Waals surface area contributed by atoms with Crippen LogP contribution in [-0.2, 0) is 11.3 Å². The molecule has 1 amide bonds. The highest BCUT2D eigenvalue weighted by Gasteiger charge is 2.31. The van der Waals surface area contributed by atoms with Crippen molar-refractivity contribution in [3.8, 4) is 5.75 Å². The van der Waals surface area contributed by atoms with Gasteiger partial charge in [-0.2, -0.15) is 0 Å². The minimum absolute atomic E-state index is 0.000920. The van der Waals surface area contributed by atoms with E-state index < -0.39 is 0 Å². The molecule has 0 bridgehead atoms. The van der Waals surface area contributed by atoms with E-state index in [4.69, 9.17) is 20.8 Å². The molecule has 0 spiro atoms. The first-order chi connectivity index (χ1) is 11.1. The van der Waals surface area contributed by atoms with Crippen molar-refractivity contribution in [2.45, 2.75) is 25.8 Å². The molecule has 1 N–H and O–H groups in total. The first kappa shape index (κ1) is 15.6. The van der Waals surface area contributed by atoms with Crippen LogP contribution in [0.4, 0.5) is 0 Å². The summed E-state index contributed by atoms with van der Waals surface area (Å²) in [6.07, 6.45) is 1.96. The maximum atomic E-state index is 12.1. The Morgan fingerprint density at radius 3 is 3.00 bits per heavy atom. The van der Waals surface area contributed by atoms with Crippen LogP contribution in [0.5, 0.6) is 5.75 Å². The summed E-state index contributed by atoms with van der Waals surface area (Å²) in [5.41, 5.74) is 1.31. The molecule has 2 aromatic rings. The summed E-state index contributed by atoms with van der Waals surface area (Å²) in [7, 11) is 0. The van der Waals surface area contributed by atoms with Gasteiger partial charge in [-0.25, -0.2) is 0 Å². The normalized spacial score (nSPS) is 16.3. The second kappa shape index (κ2) is 6.46. The summed E-state index contributed by atoms with van der Waals surface area (Å²) in [5, 5.41) is 3.25. The van der Waals surface area contributed by atoms with Crippen molar-refractivity contribution in [2.24, 2.45) is 0 Å². The largest absolute Gasteiger partial charge is 0.483 e. The van der Waals surface area contributed by atoms with Crippen molar-refractivity contribution in [3.05, 3.63) is 52.4 Å². The highest BCUT2D eigenvalue weighted by atomic mass is 35.5. The summed E-state index contributed by atoms with van der Waals surface area (Å²) in [4.78, 5) is 24.0. The van der Waals surface area contributed by atoms with Crippen LogP contribution in [0.25, 0.3) is 0 Å². The van der Waals surface area contributed by atoms with Gasteiger partial charge >= 0.3 is 0 Å². The zero-order valence-corrected chi connectivity index (χ0v) is 13.4. The van der Waals surface area contributed by atoms with E-state index in [0.29, 0.717) is 35.1 Å². The molecular weight excluding hydrogens is 318 g/mol. The van der Waals surface area contributed by atoms with Crippen LogP contribution in [0.2, 0.25) is 5.02 Å². The van der Waals surface area contributed by atoms with Crippen molar-refractivity contribution in [3.63, 3.8) is 0 Å². The number of halogens is 1. The number of ether oxygens (including phenoxy) is 1. The van der Waals surface area contributed by atoms with E-state index in [0.717, 1.165) is 5.56 Å². The van der Waals surface area contributed by atoms with Gasteiger partial charge in [-0.1, -0.05) is 18.5 Å². The van der Waals surface area contributed by atoms with Crippen molar-refractivity contribution in [1.82, 2.24) is 5.32 Å². The maximum absolute atomic E-state index is 12.1. The van der Waals surface area contributed by atoms with Gasteiger partial charge in [-0.05, 0) is 35.7 Å². The van der Waals surface area contributed by atoms with E-state index in [1.165, 1.54) is 0 Å². The predicted octanol–water partition coefficient (Wildman–Crippen LogP) is 3.32. The fourth-order valence-electron chi connectivity index (χ4n) is 2.74. The van der Waals surface area contributed by atoms with Crippen molar-refractivity contribution in [1.29, 1.82) is 0 Å². The van der Waals surface area contributed by atoms with Gasteiger partial charge in [-0.15, -0.1) is 0 Å². The van der Waals surface area contributed by atoms with E-state index in [-0.39, 0.29) is 24.2 Å². The summed E-state index contributed by atoms with van der Waals surface area (Å²) in [5.74, 6) is 0.854. The van der Waals surface area contributed by atoms with Gasteiger partial charge in [0.25, 0.3) is 5.91 Å². The Hall–Kier alpha value is -2.27. The average Bonchev–Trinajstić information content (AvgIpc) is 3.13. The first-order valence-electron chi connectivity index (χ1n) is 7.33. The summed E-state index contributed by atoms with van der Waals surface area (Å²) in [6, 6.07) is 6.86. The monoisotopic (exact) mass is 333 g/mol. The Bertz CT molecular complexity index is 739. The minimum atomic E-state index is -0.288. The van der Waals surface area contributed by atoms with Crippen LogP contribution < -0.4 is 10.1 Å². The molecule has 0 saturated carbocycles. The molecule has 0 unspecified atom stereocenters. The lowest BCUT2D eigenvalue weighted by molar-refractivity contribution is -0.123. The van der Waals surface area contributed by atoms with E-state index >= 15 is 0 Å². The Morgan fingerprint density at radius 2 is 2.26 bits per heavy atom. The molecule has 120 valence electrons. The number of furan rings is 1. The van der Waals surface area contributed by atoms with Crippen LogP contribution in [0.15, 0.2) is 34.9 Å². The number of nitrogens with one attached hydrogen (secondary N) is 1. The third-order valence-corrected chi connectivity index (χ3v) is 4.15. The van der Waals surface area contributed by atoms with E-state index in [1.807, 2.05) is 6.92 Å². The first-order valence-corrected chi connectivity index (χ1v) is 7.71. The molecule has 1 atom stereocenters. The fourth-order valence-corrected chi connectivity index (χ4v) is 3.08. The van der Waals surface area contributed by atoms with Crippen molar-refractivity contribution < 1.29 is 18.7 Å². The number of amides is 1. The quantitative estimate of drug-likeness (QED) is 0.911. The molecule has 5 nitrogen and oxygen atoms in total. The summed E-state index contributed by atoms with van der Waals surface area (Å²) < 4.78 is 10.7. The third kappa shape index (κ3) is 3.24. The van der Waals surface area contributed by atoms with Gasteiger partial charge in [0, 0.05) is 11.4 Å². The standard InChI is InChI=1S/C17H16ClNO4/c1-10-7-13(20)17-14(5-4-12(18)16(10)17)23-9-15(21)19-8-11-3-2-6-22-11/h2-6,10H,7-9H2,1H3,(H,19,21)/t10-/m1/s1. The molecule has 6 heteroatoms. The molecule has 1 aliphatic rings. The number of Topliss-reactive ketones (excluding diaryl/α,β-unsaturated/α-hetero) is 1. The molecule has 1 aliphatic carbocycles. The van der Waals surface area contributed by atoms with Gasteiger partial charge in [0.2, 0.25) is 0 Å². The number of carbonyl (C=O) groups is 2. The molecule has 1 heterocycles. The van der Waals surface area contributed by atoms with Gasteiger partial charge < -0.3 is 14.5 Å². The van der Waals surface area contributed by atoms with Crippen LogP contribution in [-0.4, -0.2) is 18.3 Å². The van der Waals surface area contributed by atoms with E-state index in [9.17, 15) is 9.59 Å². The van der Waals surface area contributed by atoms with Gasteiger partial charge in [0.15, 0.2) is 12.4 Å². The zero-order valence-electron chi connectivity index (χ0n) is 12.6. The van der Waals surface area contributed by atoms with Crippen LogP contribution in [0.3, 0.4) is 0 Å². The number of benzene rings is 1. The Balaban J connectivity index is 1.65. The van der Waals surface area contributed by atoms with Crippen molar-refractivity contribution >= 4 is 23.3 Å². The van der Waals surface area contributed by atoms with Gasteiger partial charge in [0.05, 0.1) is 18.4 Å². The number of hydrogen-bond donors (Lipinski definition) is 1. The fraction of sp³-hybridized carbons (Fsp3) is 0.294. The maximum Gasteiger partial charge on any atom is 0.258 e. The number of rotatable bonds is 5. The van der Waals surface area contributed by atoms with Crippen molar-refractivity contribution in [2.75, 3.05) is 6.61 Å². The lowest BCUT2D eigenvalue weighted by Crippen LogP contribution is -2.28. The molecule has 3 rings (SSSR count). The zero-order chi connectivity index (χ0) is 16.4. The SMILES string of the molecule is C[C@@H]1CC(=O)c2c(OCC(=O)NCc3ccco3)ccc(Cl)c21. The molecule has 0 saturated heterocycles. The van der Waals surface area contributed by atoms with Crippen LogP contribution in [0, 0.1) is 0 Å². The number of ketones is 1. The number of fused-ring (bicyclic) bond motifs is 1. The lowest BCUT2D eigenvalue weighted by Gasteiger charge is -2.12. The molecule has 1 aromatic heterocycles. The van der Waals surface area contributed by atoms with Crippen LogP contribution in [0.1, 0.15) is 40.9 Å². The van der Waals surface area contributed by atoms with Gasteiger partial charge in [0.1, 0.15) is 11.5 Å². The molecule has 0 radical (unpaired) electrons. The van der Waals surface area contributed by atoms with E-state index in [2.05, 4.69) is 5.32 Å². The number of carbonyl (C=O) groups excluding carboxylic acids is 2. The minimum Gasteiger partial charge on any atom is -0.483 e. The van der Waals surface area contributed by atoms with E-state index in [1.54, 1.807) is 30.5 Å². The molecule has 23 heavy (non-hydrogen) atoms. The highest BCUT2D eigenvalue weighted by molar-refractivity contribution is 6.32. The number of hydrogen-bond acceptors (Lipinski definition) is 4. The summed E-state index contributed by atoms with van der Waals surface area (Å²) in [6.45, 7) is 2.08. The Labute approximate surface area is 138 Å². The smallest absolute Gasteiger partial charge is 0.258 e. The van der Waals surface area contributed by atoms with Crippen LogP contribution >= 0.6 is 11.6 Å². The Morgan fingerprint density at radius 1 is 1.43 bits per heavy atom. The topological polar surface area (TPSA) is 68.5 Å². The van der Waals surface area contributed by atoms with Gasteiger partial charge in [-0.3, -0.25) is 9.59 Å². The molecular formula is C17H16ClNO4. The Kier molecular flexibility index (Phi) is 4.39. The molecule has 0 fully saturated rings. The second-order valence-electron chi connectivity index (χ2n) is 5.51. The average molecular weight is 334 g/mol. The second-order valence-corrected chi connectivity index (χ2v) is 5.91. The molecule has 1 aromatic carbocycles. The summed E-state index contributed by atoms with van der Waals surface area (Å²) >= 11 is 6.17. The highest BCUT2D eigenvalue weighted by Crippen LogP contribution is 2.42. The third-order valence-electron chi connectivity index (χ3n) is 3.82.